The van der Waals surface area contributed by atoms with Crippen molar-refractivity contribution in [2.45, 2.75) is 31.1 Å². The molecule has 2 aliphatic rings. The van der Waals surface area contributed by atoms with Crippen LogP contribution in [0.3, 0.4) is 0 Å². The third kappa shape index (κ3) is 3.71. The van der Waals surface area contributed by atoms with Crippen LogP contribution in [-0.4, -0.2) is 28.0 Å². The van der Waals surface area contributed by atoms with Gasteiger partial charge in [-0.1, -0.05) is 23.2 Å². The van der Waals surface area contributed by atoms with Crippen molar-refractivity contribution in [3.05, 3.63) is 93.2 Å². The standard InChI is InChI=1S/C23H20Cl2FN3O/c24-16-9-15(10-17(25)11-16)22-20-3-6-27-13-21(20)23(30-22)4-7-29(8-5-23)14-19-2-1-18(26)12-28-19/h1-3,6,9-13,22H,4-5,7-8,14H2. The predicted octanol–water partition coefficient (Wildman–Crippen LogP) is 5.53. The van der Waals surface area contributed by atoms with Gasteiger partial charge in [-0.15, -0.1) is 0 Å². The Kier molecular flexibility index (Phi) is 5.23. The van der Waals surface area contributed by atoms with Crippen LogP contribution in [0.15, 0.2) is 55.0 Å². The number of pyridine rings is 2. The normalized spacial score (nSPS) is 20.4. The molecule has 0 amide bonds. The summed E-state index contributed by atoms with van der Waals surface area (Å²) in [5.41, 5.74) is 3.71. The van der Waals surface area contributed by atoms with E-state index in [9.17, 15) is 4.39 Å². The second kappa shape index (κ2) is 7.89. The number of piperidine rings is 1. The maximum atomic E-state index is 13.1. The Morgan fingerprint density at radius 3 is 2.53 bits per heavy atom. The van der Waals surface area contributed by atoms with Crippen molar-refractivity contribution >= 4 is 23.2 Å². The summed E-state index contributed by atoms with van der Waals surface area (Å²) in [7, 11) is 0. The number of benzene rings is 1. The predicted molar refractivity (Wildman–Crippen MR) is 114 cm³/mol. The molecule has 1 saturated heterocycles. The average molecular weight is 444 g/mol. The number of rotatable bonds is 3. The van der Waals surface area contributed by atoms with Gasteiger partial charge in [-0.25, -0.2) is 4.39 Å². The first-order chi connectivity index (χ1) is 14.5. The van der Waals surface area contributed by atoms with Crippen LogP contribution in [0.1, 0.15) is 41.3 Å². The highest BCUT2D eigenvalue weighted by Crippen LogP contribution is 2.51. The van der Waals surface area contributed by atoms with Crippen molar-refractivity contribution in [2.24, 2.45) is 0 Å². The zero-order valence-electron chi connectivity index (χ0n) is 16.2. The van der Waals surface area contributed by atoms with Gasteiger partial charge >= 0.3 is 0 Å². The van der Waals surface area contributed by atoms with Crippen molar-refractivity contribution in [2.75, 3.05) is 13.1 Å². The van der Waals surface area contributed by atoms with Gasteiger partial charge in [0.2, 0.25) is 0 Å². The first-order valence-corrected chi connectivity index (χ1v) is 10.7. The highest BCUT2D eigenvalue weighted by molar-refractivity contribution is 6.34. The quantitative estimate of drug-likeness (QED) is 0.532. The van der Waals surface area contributed by atoms with Gasteiger partial charge in [0.25, 0.3) is 0 Å². The molecule has 1 aromatic carbocycles. The lowest BCUT2D eigenvalue weighted by molar-refractivity contribution is -0.0979. The van der Waals surface area contributed by atoms with Gasteiger partial charge < -0.3 is 4.74 Å². The zero-order valence-corrected chi connectivity index (χ0v) is 17.7. The van der Waals surface area contributed by atoms with Gasteiger partial charge in [0.15, 0.2) is 0 Å². The molecule has 5 rings (SSSR count). The average Bonchev–Trinajstić information content (AvgIpc) is 3.05. The summed E-state index contributed by atoms with van der Waals surface area (Å²) in [5.74, 6) is -0.313. The van der Waals surface area contributed by atoms with E-state index in [0.717, 1.165) is 48.3 Å². The first-order valence-electron chi connectivity index (χ1n) is 9.93. The number of hydrogen-bond acceptors (Lipinski definition) is 4. The second-order valence-electron chi connectivity index (χ2n) is 7.90. The minimum absolute atomic E-state index is 0.218. The summed E-state index contributed by atoms with van der Waals surface area (Å²) in [5, 5.41) is 1.19. The number of nitrogens with zero attached hydrogens (tertiary/aromatic N) is 3. The SMILES string of the molecule is Fc1ccc(CN2CCC3(CC2)OC(c2cc(Cl)cc(Cl)c2)c2ccncc23)nc1. The largest absolute Gasteiger partial charge is 0.357 e. The number of aromatic nitrogens is 2. The fourth-order valence-electron chi connectivity index (χ4n) is 4.53. The molecule has 4 nitrogen and oxygen atoms in total. The molecule has 0 N–H and O–H groups in total. The number of hydrogen-bond donors (Lipinski definition) is 0. The van der Waals surface area contributed by atoms with Gasteiger partial charge in [0.1, 0.15) is 11.9 Å². The highest BCUT2D eigenvalue weighted by Gasteiger charge is 2.47. The Balaban J connectivity index is 1.38. The minimum atomic E-state index is -0.379. The van der Waals surface area contributed by atoms with Gasteiger partial charge in [0, 0.05) is 47.6 Å². The first kappa shape index (κ1) is 19.9. The fraction of sp³-hybridized carbons (Fsp3) is 0.304. The van der Waals surface area contributed by atoms with Gasteiger partial charge in [-0.2, -0.15) is 0 Å². The van der Waals surface area contributed by atoms with Crippen LogP contribution >= 0.6 is 23.2 Å². The molecular weight excluding hydrogens is 424 g/mol. The maximum Gasteiger partial charge on any atom is 0.141 e. The molecule has 2 aliphatic heterocycles. The van der Waals surface area contributed by atoms with E-state index in [1.54, 1.807) is 18.3 Å². The molecule has 4 heterocycles. The van der Waals surface area contributed by atoms with Crippen LogP contribution in [0, 0.1) is 5.82 Å². The summed E-state index contributed by atoms with van der Waals surface area (Å²) in [6, 6.07) is 10.8. The Morgan fingerprint density at radius 1 is 1.07 bits per heavy atom. The molecule has 0 saturated carbocycles. The summed E-state index contributed by atoms with van der Waals surface area (Å²) < 4.78 is 19.8. The van der Waals surface area contributed by atoms with Crippen LogP contribution in [-0.2, 0) is 16.9 Å². The van der Waals surface area contributed by atoms with Crippen LogP contribution in [0.2, 0.25) is 10.0 Å². The lowest BCUT2D eigenvalue weighted by Crippen LogP contribution is -2.42. The molecule has 1 unspecified atom stereocenters. The van der Waals surface area contributed by atoms with E-state index in [0.29, 0.717) is 16.6 Å². The molecule has 30 heavy (non-hydrogen) atoms. The summed E-state index contributed by atoms with van der Waals surface area (Å²) in [6.45, 7) is 2.41. The van der Waals surface area contributed by atoms with E-state index in [-0.39, 0.29) is 17.5 Å². The van der Waals surface area contributed by atoms with Crippen molar-refractivity contribution in [1.82, 2.24) is 14.9 Å². The van der Waals surface area contributed by atoms with Crippen molar-refractivity contribution < 1.29 is 9.13 Å². The number of halogens is 3. The van der Waals surface area contributed by atoms with Gasteiger partial charge in [-0.05, 0) is 60.4 Å². The Labute approximate surface area is 184 Å². The smallest absolute Gasteiger partial charge is 0.141 e. The van der Waals surface area contributed by atoms with E-state index in [4.69, 9.17) is 27.9 Å². The summed E-state index contributed by atoms with van der Waals surface area (Å²) in [6.07, 6.45) is 6.47. The number of fused-ring (bicyclic) bond motifs is 2. The van der Waals surface area contributed by atoms with Crippen molar-refractivity contribution in [3.63, 3.8) is 0 Å². The zero-order chi connectivity index (χ0) is 20.7. The van der Waals surface area contributed by atoms with Gasteiger partial charge in [-0.3, -0.25) is 14.9 Å². The Morgan fingerprint density at radius 2 is 1.83 bits per heavy atom. The monoisotopic (exact) mass is 443 g/mol. The van der Waals surface area contributed by atoms with Crippen LogP contribution in [0.5, 0.6) is 0 Å². The van der Waals surface area contributed by atoms with E-state index in [2.05, 4.69) is 14.9 Å². The molecule has 2 aromatic heterocycles. The summed E-state index contributed by atoms with van der Waals surface area (Å²) in [4.78, 5) is 10.9. The third-order valence-corrected chi connectivity index (χ3v) is 6.43. The Bertz CT molecular complexity index is 1050. The van der Waals surface area contributed by atoms with E-state index >= 15 is 0 Å². The molecule has 0 bridgehead atoms. The fourth-order valence-corrected chi connectivity index (χ4v) is 5.07. The number of ether oxygens (including phenoxy) is 1. The molecule has 1 fully saturated rings. The number of likely N-dealkylation sites (tertiary alicyclic amines) is 1. The van der Waals surface area contributed by atoms with Crippen LogP contribution in [0.4, 0.5) is 4.39 Å². The molecule has 0 radical (unpaired) electrons. The highest BCUT2D eigenvalue weighted by atomic mass is 35.5. The van der Waals surface area contributed by atoms with E-state index in [1.165, 1.54) is 12.3 Å². The second-order valence-corrected chi connectivity index (χ2v) is 8.77. The maximum absolute atomic E-state index is 13.1. The molecule has 1 spiro atoms. The molecule has 154 valence electrons. The van der Waals surface area contributed by atoms with Crippen molar-refractivity contribution in [3.8, 4) is 0 Å². The molecule has 3 aromatic rings. The summed E-state index contributed by atoms with van der Waals surface area (Å²) >= 11 is 12.5. The minimum Gasteiger partial charge on any atom is -0.357 e. The lowest BCUT2D eigenvalue weighted by atomic mass is 9.84. The molecule has 7 heteroatoms. The molecule has 0 aliphatic carbocycles. The lowest BCUT2D eigenvalue weighted by Gasteiger charge is -2.39. The molecule has 1 atom stereocenters. The topological polar surface area (TPSA) is 38.2 Å². The van der Waals surface area contributed by atoms with E-state index in [1.807, 2.05) is 24.4 Å². The Hall–Kier alpha value is -2.05. The van der Waals surface area contributed by atoms with Crippen LogP contribution < -0.4 is 0 Å². The molecular formula is C23H20Cl2FN3O. The van der Waals surface area contributed by atoms with Crippen LogP contribution in [0.25, 0.3) is 0 Å². The van der Waals surface area contributed by atoms with Gasteiger partial charge in [0.05, 0.1) is 17.5 Å². The van der Waals surface area contributed by atoms with E-state index < -0.39 is 0 Å². The van der Waals surface area contributed by atoms with Crippen molar-refractivity contribution in [1.29, 1.82) is 0 Å². The third-order valence-electron chi connectivity index (χ3n) is 6.00.